The summed E-state index contributed by atoms with van der Waals surface area (Å²) in [5, 5.41) is 9.19. The van der Waals surface area contributed by atoms with Gasteiger partial charge in [0.1, 0.15) is 5.75 Å². The fourth-order valence-electron chi connectivity index (χ4n) is 1.80. The average Bonchev–Trinajstić information content (AvgIpc) is 2.24. The molecule has 0 heterocycles. The SMILES string of the molecule is CCCC(C(=O)O)c1cccc(OC(C)C)c1. The molecule has 0 aliphatic carbocycles. The molecule has 0 saturated heterocycles. The lowest BCUT2D eigenvalue weighted by molar-refractivity contribution is -0.139. The number of carbonyl (C=O) groups is 1. The molecule has 0 aliphatic heterocycles. The van der Waals surface area contributed by atoms with Crippen molar-refractivity contribution in [2.24, 2.45) is 0 Å². The second-order valence-electron chi connectivity index (χ2n) is 4.42. The van der Waals surface area contributed by atoms with Crippen LogP contribution in [0, 0.1) is 0 Å². The Morgan fingerprint density at radius 3 is 2.65 bits per heavy atom. The number of benzene rings is 1. The van der Waals surface area contributed by atoms with Gasteiger partial charge in [-0.1, -0.05) is 25.5 Å². The number of hydrogen-bond donors (Lipinski definition) is 1. The second kappa shape index (κ2) is 6.28. The quantitative estimate of drug-likeness (QED) is 0.823. The number of rotatable bonds is 6. The Balaban J connectivity index is 2.91. The van der Waals surface area contributed by atoms with Gasteiger partial charge in [-0.15, -0.1) is 0 Å². The topological polar surface area (TPSA) is 46.5 Å². The van der Waals surface area contributed by atoms with E-state index in [9.17, 15) is 9.90 Å². The number of aliphatic carboxylic acids is 1. The monoisotopic (exact) mass is 236 g/mol. The van der Waals surface area contributed by atoms with Crippen LogP contribution in [0.5, 0.6) is 5.75 Å². The summed E-state index contributed by atoms with van der Waals surface area (Å²) in [5.41, 5.74) is 0.817. The van der Waals surface area contributed by atoms with Gasteiger partial charge in [0.05, 0.1) is 12.0 Å². The van der Waals surface area contributed by atoms with Crippen LogP contribution >= 0.6 is 0 Å². The normalized spacial score (nSPS) is 12.5. The number of ether oxygens (including phenoxy) is 1. The molecule has 0 fully saturated rings. The van der Waals surface area contributed by atoms with E-state index in [1.54, 1.807) is 0 Å². The highest BCUT2D eigenvalue weighted by atomic mass is 16.5. The molecule has 0 saturated carbocycles. The zero-order chi connectivity index (χ0) is 12.8. The van der Waals surface area contributed by atoms with Crippen LogP contribution in [-0.2, 0) is 4.79 Å². The Hall–Kier alpha value is -1.51. The summed E-state index contributed by atoms with van der Waals surface area (Å²) in [7, 11) is 0. The molecule has 1 N–H and O–H groups in total. The van der Waals surface area contributed by atoms with Crippen molar-refractivity contribution in [1.82, 2.24) is 0 Å². The van der Waals surface area contributed by atoms with E-state index in [1.807, 2.05) is 45.0 Å². The van der Waals surface area contributed by atoms with Gasteiger partial charge in [-0.05, 0) is 38.0 Å². The molecule has 0 amide bonds. The first-order valence-electron chi connectivity index (χ1n) is 6.04. The lowest BCUT2D eigenvalue weighted by Gasteiger charge is -2.14. The summed E-state index contributed by atoms with van der Waals surface area (Å²) < 4.78 is 5.57. The first-order valence-corrected chi connectivity index (χ1v) is 6.04. The van der Waals surface area contributed by atoms with Crippen LogP contribution in [-0.4, -0.2) is 17.2 Å². The molecule has 3 heteroatoms. The van der Waals surface area contributed by atoms with Gasteiger partial charge in [-0.2, -0.15) is 0 Å². The molecule has 0 aromatic heterocycles. The van der Waals surface area contributed by atoms with Crippen molar-refractivity contribution in [3.63, 3.8) is 0 Å². The fraction of sp³-hybridized carbons (Fsp3) is 0.500. The maximum absolute atomic E-state index is 11.2. The summed E-state index contributed by atoms with van der Waals surface area (Å²) in [6, 6.07) is 7.38. The van der Waals surface area contributed by atoms with Crippen LogP contribution in [0.1, 0.15) is 45.1 Å². The lowest BCUT2D eigenvalue weighted by Crippen LogP contribution is -2.12. The van der Waals surface area contributed by atoms with E-state index in [0.717, 1.165) is 17.7 Å². The van der Waals surface area contributed by atoms with E-state index in [-0.39, 0.29) is 6.10 Å². The summed E-state index contributed by atoms with van der Waals surface area (Å²) >= 11 is 0. The van der Waals surface area contributed by atoms with E-state index in [1.165, 1.54) is 0 Å². The van der Waals surface area contributed by atoms with E-state index in [4.69, 9.17) is 4.74 Å². The molecule has 1 atom stereocenters. The Labute approximate surface area is 102 Å². The van der Waals surface area contributed by atoms with Crippen molar-refractivity contribution in [1.29, 1.82) is 0 Å². The molecule has 1 unspecified atom stereocenters. The summed E-state index contributed by atoms with van der Waals surface area (Å²) in [6.07, 6.45) is 1.60. The maximum Gasteiger partial charge on any atom is 0.310 e. The van der Waals surface area contributed by atoms with Crippen molar-refractivity contribution >= 4 is 5.97 Å². The van der Waals surface area contributed by atoms with E-state index in [0.29, 0.717) is 6.42 Å². The summed E-state index contributed by atoms with van der Waals surface area (Å²) in [4.78, 5) is 11.2. The number of carboxylic acid groups (broad SMARTS) is 1. The van der Waals surface area contributed by atoms with Crippen LogP contribution in [0.3, 0.4) is 0 Å². The molecule has 94 valence electrons. The fourth-order valence-corrected chi connectivity index (χ4v) is 1.80. The van der Waals surface area contributed by atoms with Gasteiger partial charge in [0.15, 0.2) is 0 Å². The molecule has 3 nitrogen and oxygen atoms in total. The first-order chi connectivity index (χ1) is 8.04. The molecule has 0 aliphatic rings. The van der Waals surface area contributed by atoms with Crippen LogP contribution < -0.4 is 4.74 Å². The molecular weight excluding hydrogens is 216 g/mol. The zero-order valence-electron chi connectivity index (χ0n) is 10.6. The first kappa shape index (κ1) is 13.6. The number of carboxylic acids is 1. The highest BCUT2D eigenvalue weighted by molar-refractivity contribution is 5.76. The molecular formula is C14H20O3. The predicted molar refractivity (Wildman–Crippen MR) is 67.5 cm³/mol. The minimum absolute atomic E-state index is 0.0969. The third kappa shape index (κ3) is 4.10. The minimum Gasteiger partial charge on any atom is -0.491 e. The highest BCUT2D eigenvalue weighted by Gasteiger charge is 2.19. The van der Waals surface area contributed by atoms with Crippen molar-refractivity contribution in [2.45, 2.75) is 45.6 Å². The van der Waals surface area contributed by atoms with Gasteiger partial charge in [0.2, 0.25) is 0 Å². The average molecular weight is 236 g/mol. The van der Waals surface area contributed by atoms with Gasteiger partial charge in [0.25, 0.3) is 0 Å². The molecule has 1 aromatic carbocycles. The third-order valence-corrected chi connectivity index (χ3v) is 2.51. The Kier molecular flexibility index (Phi) is 5.01. The molecule has 0 radical (unpaired) electrons. The zero-order valence-corrected chi connectivity index (χ0v) is 10.6. The Bertz CT molecular complexity index is 371. The van der Waals surface area contributed by atoms with Crippen LogP contribution in [0.25, 0.3) is 0 Å². The third-order valence-electron chi connectivity index (χ3n) is 2.51. The molecule has 1 rings (SSSR count). The molecule has 0 spiro atoms. The number of hydrogen-bond acceptors (Lipinski definition) is 2. The van der Waals surface area contributed by atoms with Gasteiger partial charge >= 0.3 is 5.97 Å². The smallest absolute Gasteiger partial charge is 0.310 e. The van der Waals surface area contributed by atoms with Crippen molar-refractivity contribution in [2.75, 3.05) is 0 Å². The van der Waals surface area contributed by atoms with E-state index in [2.05, 4.69) is 0 Å². The molecule has 0 bridgehead atoms. The Morgan fingerprint density at radius 1 is 1.41 bits per heavy atom. The maximum atomic E-state index is 11.2. The van der Waals surface area contributed by atoms with Gasteiger partial charge in [-0.3, -0.25) is 4.79 Å². The van der Waals surface area contributed by atoms with Crippen molar-refractivity contribution in [3.05, 3.63) is 29.8 Å². The van der Waals surface area contributed by atoms with Crippen LogP contribution in [0.4, 0.5) is 0 Å². The lowest BCUT2D eigenvalue weighted by atomic mass is 9.94. The predicted octanol–water partition coefficient (Wildman–Crippen LogP) is 3.44. The summed E-state index contributed by atoms with van der Waals surface area (Å²) in [6.45, 7) is 5.89. The van der Waals surface area contributed by atoms with Crippen LogP contribution in [0.15, 0.2) is 24.3 Å². The Morgan fingerprint density at radius 2 is 2.12 bits per heavy atom. The van der Waals surface area contributed by atoms with Gasteiger partial charge in [0, 0.05) is 0 Å². The minimum atomic E-state index is -0.770. The second-order valence-corrected chi connectivity index (χ2v) is 4.42. The highest BCUT2D eigenvalue weighted by Crippen LogP contribution is 2.25. The van der Waals surface area contributed by atoms with Crippen molar-refractivity contribution < 1.29 is 14.6 Å². The molecule has 17 heavy (non-hydrogen) atoms. The van der Waals surface area contributed by atoms with Crippen molar-refractivity contribution in [3.8, 4) is 5.75 Å². The van der Waals surface area contributed by atoms with Gasteiger partial charge in [-0.25, -0.2) is 0 Å². The molecule has 1 aromatic rings. The summed E-state index contributed by atoms with van der Waals surface area (Å²) in [5.74, 6) is -0.468. The van der Waals surface area contributed by atoms with Gasteiger partial charge < -0.3 is 9.84 Å². The van der Waals surface area contributed by atoms with E-state index >= 15 is 0 Å². The van der Waals surface area contributed by atoms with Crippen LogP contribution in [0.2, 0.25) is 0 Å². The van der Waals surface area contributed by atoms with E-state index < -0.39 is 11.9 Å². The standard InChI is InChI=1S/C14H20O3/c1-4-6-13(14(15)16)11-7-5-8-12(9-11)17-10(2)3/h5,7-10,13H,4,6H2,1-3H3,(H,15,16). The largest absolute Gasteiger partial charge is 0.491 e.